The van der Waals surface area contributed by atoms with Gasteiger partial charge in [0.1, 0.15) is 23.9 Å². The van der Waals surface area contributed by atoms with Crippen LogP contribution < -0.4 is 19.3 Å². The van der Waals surface area contributed by atoms with E-state index in [1.807, 2.05) is 53.2 Å². The van der Waals surface area contributed by atoms with Crippen LogP contribution in [0.1, 0.15) is 5.56 Å². The molecule has 0 spiro atoms. The van der Waals surface area contributed by atoms with Crippen LogP contribution in [0, 0.1) is 0 Å². The molecule has 0 bridgehead atoms. The Hall–Kier alpha value is -4.56. The number of hydrogen-bond acceptors (Lipinski definition) is 7. The first kappa shape index (κ1) is 24.8. The summed E-state index contributed by atoms with van der Waals surface area (Å²) in [6, 6.07) is 28.6. The van der Waals surface area contributed by atoms with Gasteiger partial charge in [0, 0.05) is 49.8 Å². The third kappa shape index (κ3) is 5.24. The number of nitrogens with zero attached hydrogens (tertiary/aromatic N) is 6. The van der Waals surface area contributed by atoms with E-state index >= 15 is 0 Å². The van der Waals surface area contributed by atoms with E-state index in [2.05, 4.69) is 74.3 Å². The molecule has 198 valence electrons. The maximum Gasteiger partial charge on any atom is 0.157 e. The minimum Gasteiger partial charge on any atom is -0.495 e. The molecule has 3 heterocycles. The molecule has 39 heavy (non-hydrogen) atoms. The molecule has 0 N–H and O–H groups in total. The van der Waals surface area contributed by atoms with Gasteiger partial charge in [-0.05, 0) is 61.1 Å². The second kappa shape index (κ2) is 11.0. The van der Waals surface area contributed by atoms with Gasteiger partial charge in [0.15, 0.2) is 5.65 Å². The highest BCUT2D eigenvalue weighted by Gasteiger charge is 2.23. The standard InChI is InChI=1S/C31H32N6O2/c1-34-18-20-35(21-19-34)26-10-13-29(38-2)28(22-26)36(31-15-16-32-30-14-17-33-37(30)31)25-8-11-27(12-9-25)39-23-24-6-4-3-5-7-24/h3-17,22H,18-21,23H2,1-2H3. The fraction of sp³-hybridized carbons (Fsp3) is 0.226. The number of hydrogen-bond donors (Lipinski definition) is 0. The SMILES string of the molecule is COc1ccc(N2CCN(C)CC2)cc1N(c1ccc(OCc2ccccc2)cc1)c1ccnc2ccnn12. The summed E-state index contributed by atoms with van der Waals surface area (Å²) in [5.74, 6) is 2.44. The van der Waals surface area contributed by atoms with E-state index < -0.39 is 0 Å². The number of piperazine rings is 1. The van der Waals surface area contributed by atoms with Gasteiger partial charge in [0.25, 0.3) is 0 Å². The molecule has 0 atom stereocenters. The van der Waals surface area contributed by atoms with E-state index in [-0.39, 0.29) is 0 Å². The zero-order chi connectivity index (χ0) is 26.6. The molecule has 0 amide bonds. The molecule has 8 nitrogen and oxygen atoms in total. The molecule has 1 aliphatic heterocycles. The summed E-state index contributed by atoms with van der Waals surface area (Å²) in [5, 5.41) is 4.58. The van der Waals surface area contributed by atoms with Crippen LogP contribution in [0.2, 0.25) is 0 Å². The van der Waals surface area contributed by atoms with Crippen LogP contribution in [0.3, 0.4) is 0 Å². The van der Waals surface area contributed by atoms with Gasteiger partial charge in [0.2, 0.25) is 0 Å². The monoisotopic (exact) mass is 520 g/mol. The van der Waals surface area contributed by atoms with Crippen molar-refractivity contribution in [2.24, 2.45) is 0 Å². The Morgan fingerprint density at radius 1 is 0.846 bits per heavy atom. The Balaban J connectivity index is 1.40. The summed E-state index contributed by atoms with van der Waals surface area (Å²) < 4.78 is 13.8. The molecule has 0 aliphatic carbocycles. The second-order valence-corrected chi connectivity index (χ2v) is 9.65. The molecule has 0 saturated carbocycles. The first-order valence-electron chi connectivity index (χ1n) is 13.2. The third-order valence-electron chi connectivity index (χ3n) is 7.11. The van der Waals surface area contributed by atoms with E-state index in [0.29, 0.717) is 6.61 Å². The lowest BCUT2D eigenvalue weighted by Crippen LogP contribution is -2.44. The predicted molar refractivity (Wildman–Crippen MR) is 155 cm³/mol. The molecule has 1 saturated heterocycles. The van der Waals surface area contributed by atoms with Crippen LogP contribution in [0.4, 0.5) is 22.9 Å². The zero-order valence-corrected chi connectivity index (χ0v) is 22.3. The van der Waals surface area contributed by atoms with Gasteiger partial charge in [0.05, 0.1) is 19.0 Å². The van der Waals surface area contributed by atoms with Crippen LogP contribution in [0.25, 0.3) is 5.65 Å². The van der Waals surface area contributed by atoms with Gasteiger partial charge in [-0.15, -0.1) is 0 Å². The summed E-state index contributed by atoms with van der Waals surface area (Å²) in [5.41, 5.74) is 4.95. The lowest BCUT2D eigenvalue weighted by atomic mass is 10.1. The number of anilines is 4. The summed E-state index contributed by atoms with van der Waals surface area (Å²) in [4.78, 5) is 11.4. The Kier molecular flexibility index (Phi) is 7.01. The lowest BCUT2D eigenvalue weighted by molar-refractivity contribution is 0.306. The normalized spacial score (nSPS) is 13.9. The van der Waals surface area contributed by atoms with E-state index in [0.717, 1.165) is 71.8 Å². The molecule has 0 radical (unpaired) electrons. The van der Waals surface area contributed by atoms with Crippen molar-refractivity contribution in [3.05, 3.63) is 103 Å². The number of aromatic nitrogens is 3. The molecule has 3 aromatic carbocycles. The van der Waals surface area contributed by atoms with Crippen molar-refractivity contribution in [2.75, 3.05) is 50.1 Å². The van der Waals surface area contributed by atoms with Gasteiger partial charge in [-0.3, -0.25) is 4.90 Å². The van der Waals surface area contributed by atoms with Crippen molar-refractivity contribution < 1.29 is 9.47 Å². The molecule has 1 aliphatic rings. The Morgan fingerprint density at radius 2 is 1.64 bits per heavy atom. The molecule has 5 aromatic rings. The van der Waals surface area contributed by atoms with Crippen LogP contribution in [0.15, 0.2) is 97.3 Å². The average molecular weight is 521 g/mol. The Morgan fingerprint density at radius 3 is 2.41 bits per heavy atom. The van der Waals surface area contributed by atoms with Gasteiger partial charge in [-0.1, -0.05) is 30.3 Å². The van der Waals surface area contributed by atoms with Gasteiger partial charge in [-0.25, -0.2) is 4.98 Å². The number of methoxy groups -OCH3 is 1. The minimum atomic E-state index is 0.517. The van der Waals surface area contributed by atoms with E-state index in [1.54, 1.807) is 13.3 Å². The fourth-order valence-electron chi connectivity index (χ4n) is 4.93. The topological polar surface area (TPSA) is 58.4 Å². The fourth-order valence-corrected chi connectivity index (χ4v) is 4.93. The van der Waals surface area contributed by atoms with Gasteiger partial charge in [-0.2, -0.15) is 9.61 Å². The second-order valence-electron chi connectivity index (χ2n) is 9.65. The van der Waals surface area contributed by atoms with Gasteiger partial charge >= 0.3 is 0 Å². The maximum absolute atomic E-state index is 6.07. The van der Waals surface area contributed by atoms with Crippen molar-refractivity contribution >= 4 is 28.5 Å². The van der Waals surface area contributed by atoms with E-state index in [4.69, 9.17) is 9.47 Å². The number of benzene rings is 3. The highest BCUT2D eigenvalue weighted by Crippen LogP contribution is 2.42. The Labute approximate surface area is 228 Å². The maximum atomic E-state index is 6.07. The van der Waals surface area contributed by atoms with Crippen molar-refractivity contribution in [3.8, 4) is 11.5 Å². The van der Waals surface area contributed by atoms with Crippen molar-refractivity contribution in [3.63, 3.8) is 0 Å². The zero-order valence-electron chi connectivity index (χ0n) is 22.3. The number of likely N-dealkylation sites (N-methyl/N-ethyl adjacent to an activating group) is 1. The molecule has 1 fully saturated rings. The highest BCUT2D eigenvalue weighted by atomic mass is 16.5. The lowest BCUT2D eigenvalue weighted by Gasteiger charge is -2.35. The molecule has 0 unspecified atom stereocenters. The molecule has 2 aromatic heterocycles. The minimum absolute atomic E-state index is 0.517. The molecular weight excluding hydrogens is 488 g/mol. The van der Waals surface area contributed by atoms with Crippen LogP contribution >= 0.6 is 0 Å². The molecule has 8 heteroatoms. The van der Waals surface area contributed by atoms with Crippen LogP contribution in [0.5, 0.6) is 11.5 Å². The highest BCUT2D eigenvalue weighted by molar-refractivity contribution is 5.81. The predicted octanol–water partition coefficient (Wildman–Crippen LogP) is 5.54. The van der Waals surface area contributed by atoms with Gasteiger partial charge < -0.3 is 19.3 Å². The number of rotatable bonds is 8. The van der Waals surface area contributed by atoms with Crippen molar-refractivity contribution in [2.45, 2.75) is 6.61 Å². The summed E-state index contributed by atoms with van der Waals surface area (Å²) in [6.07, 6.45) is 3.58. The smallest absolute Gasteiger partial charge is 0.157 e. The van der Waals surface area contributed by atoms with Crippen LogP contribution in [-0.4, -0.2) is 59.8 Å². The van der Waals surface area contributed by atoms with E-state index in [1.165, 1.54) is 0 Å². The molecular formula is C31H32N6O2. The Bertz CT molecular complexity index is 1530. The van der Waals surface area contributed by atoms with Crippen LogP contribution in [-0.2, 0) is 6.61 Å². The number of ether oxygens (including phenoxy) is 2. The first-order valence-corrected chi connectivity index (χ1v) is 13.2. The first-order chi connectivity index (χ1) is 19.2. The van der Waals surface area contributed by atoms with Crippen molar-refractivity contribution in [1.29, 1.82) is 0 Å². The third-order valence-corrected chi connectivity index (χ3v) is 7.11. The van der Waals surface area contributed by atoms with E-state index in [9.17, 15) is 0 Å². The summed E-state index contributed by atoms with van der Waals surface area (Å²) in [7, 11) is 3.88. The quantitative estimate of drug-likeness (QED) is 0.266. The summed E-state index contributed by atoms with van der Waals surface area (Å²) in [6.45, 7) is 4.55. The average Bonchev–Trinajstić information content (AvgIpc) is 3.48. The summed E-state index contributed by atoms with van der Waals surface area (Å²) >= 11 is 0. The van der Waals surface area contributed by atoms with Crippen molar-refractivity contribution in [1.82, 2.24) is 19.5 Å². The number of fused-ring (bicyclic) bond motifs is 1. The largest absolute Gasteiger partial charge is 0.495 e. The molecule has 6 rings (SSSR count).